The lowest BCUT2D eigenvalue weighted by Gasteiger charge is -2.04. The van der Waals surface area contributed by atoms with Crippen molar-refractivity contribution < 1.29 is 0 Å². The molecule has 1 heterocycles. The first-order valence-corrected chi connectivity index (χ1v) is 4.52. The van der Waals surface area contributed by atoms with Crippen LogP contribution in [-0.4, -0.2) is 4.98 Å². The third-order valence-electron chi connectivity index (χ3n) is 2.15. The lowest BCUT2D eigenvalue weighted by Crippen LogP contribution is -1.85. The fourth-order valence-electron chi connectivity index (χ4n) is 1.36. The molecule has 14 heavy (non-hydrogen) atoms. The molecule has 0 saturated carbocycles. The van der Waals surface area contributed by atoms with Gasteiger partial charge in [0.1, 0.15) is 0 Å². The Morgan fingerprint density at radius 1 is 0.857 bits per heavy atom. The second-order valence-electron chi connectivity index (χ2n) is 3.08. The van der Waals surface area contributed by atoms with Crippen molar-refractivity contribution in [1.82, 2.24) is 4.98 Å². The highest BCUT2D eigenvalue weighted by Crippen LogP contribution is 2.19. The molecular formula is C13H11N. The van der Waals surface area contributed by atoms with Crippen LogP contribution < -0.4 is 0 Å². The zero-order chi connectivity index (χ0) is 9.80. The predicted octanol–water partition coefficient (Wildman–Crippen LogP) is 3.14. The fourth-order valence-corrected chi connectivity index (χ4v) is 1.36. The number of nitrogens with zero attached hydrogens (tertiary/aromatic N) is 1. The van der Waals surface area contributed by atoms with Crippen molar-refractivity contribution in [3.8, 4) is 0 Å². The molecule has 0 atom stereocenters. The number of hydrogen-bond donors (Lipinski definition) is 0. The molecule has 0 amide bonds. The molecule has 2 aromatic rings. The minimum atomic E-state index is 1.04. The number of aromatic nitrogens is 1. The van der Waals surface area contributed by atoms with Crippen LogP contribution in [0.5, 0.6) is 0 Å². The van der Waals surface area contributed by atoms with E-state index >= 15 is 0 Å². The predicted molar refractivity (Wildman–Crippen MR) is 58.8 cm³/mol. The third-order valence-corrected chi connectivity index (χ3v) is 2.15. The van der Waals surface area contributed by atoms with E-state index in [2.05, 4.69) is 23.7 Å². The molecule has 1 nitrogen and oxygen atoms in total. The first kappa shape index (κ1) is 8.70. The van der Waals surface area contributed by atoms with E-state index in [1.165, 1.54) is 0 Å². The Labute approximate surface area is 83.7 Å². The average Bonchev–Trinajstić information content (AvgIpc) is 2.30. The second-order valence-corrected chi connectivity index (χ2v) is 3.08. The van der Waals surface area contributed by atoms with Crippen LogP contribution in [0.25, 0.3) is 5.57 Å². The maximum Gasteiger partial charge on any atom is 0.0273 e. The smallest absolute Gasteiger partial charge is 0.0273 e. The van der Waals surface area contributed by atoms with Gasteiger partial charge in [-0.05, 0) is 28.8 Å². The van der Waals surface area contributed by atoms with Crippen molar-refractivity contribution in [1.29, 1.82) is 0 Å². The summed E-state index contributed by atoms with van der Waals surface area (Å²) in [6.45, 7) is 4.07. The number of rotatable bonds is 2. The molecule has 2 rings (SSSR count). The minimum absolute atomic E-state index is 1.04. The number of hydrogen-bond acceptors (Lipinski definition) is 1. The Morgan fingerprint density at radius 2 is 1.43 bits per heavy atom. The maximum atomic E-state index is 4.07. The Morgan fingerprint density at radius 3 is 2.07 bits per heavy atom. The molecular weight excluding hydrogens is 170 g/mol. The van der Waals surface area contributed by atoms with Gasteiger partial charge in [-0.25, -0.2) is 0 Å². The molecule has 0 saturated heterocycles. The lowest BCUT2D eigenvalue weighted by molar-refractivity contribution is 1.32. The molecule has 0 bridgehead atoms. The highest BCUT2D eigenvalue weighted by atomic mass is 14.6. The molecule has 0 spiro atoms. The van der Waals surface area contributed by atoms with E-state index in [4.69, 9.17) is 0 Å². The van der Waals surface area contributed by atoms with Gasteiger partial charge in [0, 0.05) is 12.4 Å². The van der Waals surface area contributed by atoms with Gasteiger partial charge in [-0.2, -0.15) is 0 Å². The van der Waals surface area contributed by atoms with E-state index in [1.807, 2.05) is 30.3 Å². The van der Waals surface area contributed by atoms with Crippen LogP contribution in [0.2, 0.25) is 0 Å². The SMILES string of the molecule is C=C(c1ccccc1)c1ccncc1. The molecule has 1 heteroatoms. The van der Waals surface area contributed by atoms with Crippen molar-refractivity contribution in [2.24, 2.45) is 0 Å². The summed E-state index contributed by atoms with van der Waals surface area (Å²) < 4.78 is 0. The molecule has 0 aliphatic carbocycles. The van der Waals surface area contributed by atoms with Gasteiger partial charge in [-0.3, -0.25) is 4.98 Å². The fraction of sp³-hybridized carbons (Fsp3) is 0. The van der Waals surface area contributed by atoms with Crippen molar-refractivity contribution in [2.45, 2.75) is 0 Å². The average molecular weight is 181 g/mol. The van der Waals surface area contributed by atoms with Crippen molar-refractivity contribution in [3.05, 3.63) is 72.6 Å². The van der Waals surface area contributed by atoms with Gasteiger partial charge in [0.25, 0.3) is 0 Å². The highest BCUT2D eigenvalue weighted by Gasteiger charge is 1.99. The summed E-state index contributed by atoms with van der Waals surface area (Å²) in [5.41, 5.74) is 3.30. The Kier molecular flexibility index (Phi) is 2.41. The summed E-state index contributed by atoms with van der Waals surface area (Å²) >= 11 is 0. The van der Waals surface area contributed by atoms with Crippen molar-refractivity contribution >= 4 is 5.57 Å². The van der Waals surface area contributed by atoms with Crippen LogP contribution in [0.15, 0.2) is 61.4 Å². The van der Waals surface area contributed by atoms with E-state index in [1.54, 1.807) is 12.4 Å². The summed E-state index contributed by atoms with van der Waals surface area (Å²) in [7, 11) is 0. The van der Waals surface area contributed by atoms with Gasteiger partial charge in [0.2, 0.25) is 0 Å². The van der Waals surface area contributed by atoms with Gasteiger partial charge in [0.05, 0.1) is 0 Å². The Bertz CT molecular complexity index is 376. The van der Waals surface area contributed by atoms with E-state index in [9.17, 15) is 0 Å². The quantitative estimate of drug-likeness (QED) is 0.693. The summed E-state index contributed by atoms with van der Waals surface area (Å²) in [4.78, 5) is 3.98. The van der Waals surface area contributed by atoms with Crippen LogP contribution in [0.3, 0.4) is 0 Å². The second kappa shape index (κ2) is 3.88. The Hall–Kier alpha value is -1.89. The van der Waals surface area contributed by atoms with Gasteiger partial charge < -0.3 is 0 Å². The van der Waals surface area contributed by atoms with E-state index < -0.39 is 0 Å². The molecule has 0 aliphatic heterocycles. The normalized spacial score (nSPS) is 9.71. The highest BCUT2D eigenvalue weighted by molar-refractivity contribution is 5.77. The largest absolute Gasteiger partial charge is 0.265 e. The molecule has 68 valence electrons. The van der Waals surface area contributed by atoms with Crippen LogP contribution >= 0.6 is 0 Å². The topological polar surface area (TPSA) is 12.9 Å². The van der Waals surface area contributed by atoms with Gasteiger partial charge in [-0.1, -0.05) is 36.9 Å². The van der Waals surface area contributed by atoms with Crippen molar-refractivity contribution in [3.63, 3.8) is 0 Å². The molecule has 0 fully saturated rings. The Balaban J connectivity index is 2.35. The zero-order valence-corrected chi connectivity index (χ0v) is 7.85. The molecule has 0 radical (unpaired) electrons. The van der Waals surface area contributed by atoms with Crippen LogP contribution in [0.4, 0.5) is 0 Å². The molecule has 0 N–H and O–H groups in total. The summed E-state index contributed by atoms with van der Waals surface area (Å²) in [6.07, 6.45) is 3.56. The van der Waals surface area contributed by atoms with Crippen LogP contribution in [0, 0.1) is 0 Å². The summed E-state index contributed by atoms with van der Waals surface area (Å²) in [5, 5.41) is 0. The third kappa shape index (κ3) is 1.72. The number of benzene rings is 1. The van der Waals surface area contributed by atoms with Crippen LogP contribution in [-0.2, 0) is 0 Å². The first-order chi connectivity index (χ1) is 6.88. The molecule has 1 aromatic heterocycles. The maximum absolute atomic E-state index is 4.07. The zero-order valence-electron chi connectivity index (χ0n) is 7.85. The lowest BCUT2D eigenvalue weighted by atomic mass is 10.0. The molecule has 0 aliphatic rings. The van der Waals surface area contributed by atoms with Crippen molar-refractivity contribution in [2.75, 3.05) is 0 Å². The van der Waals surface area contributed by atoms with E-state index in [0.717, 1.165) is 16.7 Å². The molecule has 1 aromatic carbocycles. The monoisotopic (exact) mass is 181 g/mol. The summed E-state index contributed by atoms with van der Waals surface area (Å²) in [5.74, 6) is 0. The standard InChI is InChI=1S/C13H11N/c1-11(12-5-3-2-4-6-12)13-7-9-14-10-8-13/h2-10H,1H2. The van der Waals surface area contributed by atoms with Gasteiger partial charge in [-0.15, -0.1) is 0 Å². The van der Waals surface area contributed by atoms with Crippen LogP contribution in [0.1, 0.15) is 11.1 Å². The van der Waals surface area contributed by atoms with Gasteiger partial charge >= 0.3 is 0 Å². The van der Waals surface area contributed by atoms with E-state index in [-0.39, 0.29) is 0 Å². The minimum Gasteiger partial charge on any atom is -0.265 e. The number of pyridine rings is 1. The van der Waals surface area contributed by atoms with Gasteiger partial charge in [0.15, 0.2) is 0 Å². The first-order valence-electron chi connectivity index (χ1n) is 4.52. The van der Waals surface area contributed by atoms with E-state index in [0.29, 0.717) is 0 Å². The summed E-state index contributed by atoms with van der Waals surface area (Å²) in [6, 6.07) is 14.1. The molecule has 0 unspecified atom stereocenters.